The molecule has 7 N–H and O–H groups in total. The van der Waals surface area contributed by atoms with Crippen molar-refractivity contribution >= 4 is 5.97 Å². The Morgan fingerprint density at radius 3 is 1.24 bits per heavy atom. The average molecular weight is 1160 g/mol. The molecule has 476 valence electrons. The summed E-state index contributed by atoms with van der Waals surface area (Å²) in [4.78, 5) is 13.1. The lowest BCUT2D eigenvalue weighted by molar-refractivity contribution is -0.332. The highest BCUT2D eigenvalue weighted by atomic mass is 16.7. The molecule has 0 aliphatic carbocycles. The van der Waals surface area contributed by atoms with E-state index >= 15 is 0 Å². The van der Waals surface area contributed by atoms with Crippen LogP contribution in [0.2, 0.25) is 0 Å². The van der Waals surface area contributed by atoms with Crippen LogP contribution in [0.5, 0.6) is 0 Å². The highest BCUT2D eigenvalue weighted by molar-refractivity contribution is 5.69. The normalized spacial score (nSPS) is 24.0. The second kappa shape index (κ2) is 53.9. The molecule has 2 aliphatic rings. The van der Waals surface area contributed by atoms with Crippen LogP contribution >= 0.6 is 0 Å². The third-order valence-electron chi connectivity index (χ3n) is 15.5. The first-order valence-corrected chi connectivity index (χ1v) is 33.0. The zero-order valence-corrected chi connectivity index (χ0v) is 51.5. The maximum Gasteiger partial charge on any atom is 0.306 e. The van der Waals surface area contributed by atoms with Gasteiger partial charge >= 0.3 is 5.97 Å². The van der Waals surface area contributed by atoms with E-state index in [9.17, 15) is 40.5 Å². The maximum absolute atomic E-state index is 13.1. The van der Waals surface area contributed by atoms with Gasteiger partial charge < -0.3 is 64.2 Å². The molecule has 0 aromatic rings. The molecule has 11 unspecified atom stereocenters. The lowest BCUT2D eigenvalue weighted by Gasteiger charge is -2.42. The molecular formula is C68H120O14. The topological polar surface area (TPSA) is 214 Å². The van der Waals surface area contributed by atoms with Gasteiger partial charge in [-0.2, -0.15) is 0 Å². The number of aliphatic hydroxyl groups excluding tert-OH is 7. The Kier molecular flexibility index (Phi) is 49.6. The minimum absolute atomic E-state index is 0.0550. The second-order valence-corrected chi connectivity index (χ2v) is 22.9. The first kappa shape index (κ1) is 75.5. The summed E-state index contributed by atoms with van der Waals surface area (Å²) in [5.74, 6) is -0.388. The summed E-state index contributed by atoms with van der Waals surface area (Å²) in [7, 11) is 0. The molecule has 0 spiro atoms. The van der Waals surface area contributed by atoms with Crippen molar-refractivity contribution in [3.63, 3.8) is 0 Å². The van der Waals surface area contributed by atoms with Crippen molar-refractivity contribution in [2.24, 2.45) is 0 Å². The van der Waals surface area contributed by atoms with Gasteiger partial charge in [0.25, 0.3) is 0 Å². The van der Waals surface area contributed by atoms with E-state index in [-0.39, 0.29) is 25.6 Å². The number of hydrogen-bond donors (Lipinski definition) is 7. The third kappa shape index (κ3) is 39.2. The van der Waals surface area contributed by atoms with Crippen LogP contribution in [-0.4, -0.2) is 142 Å². The largest absolute Gasteiger partial charge is 0.457 e. The zero-order chi connectivity index (χ0) is 59.4. The number of rotatable bonds is 54. The molecule has 2 rings (SSSR count). The summed E-state index contributed by atoms with van der Waals surface area (Å²) >= 11 is 0. The van der Waals surface area contributed by atoms with Gasteiger partial charge in [-0.15, -0.1) is 0 Å². The van der Waals surface area contributed by atoms with Crippen LogP contribution in [0, 0.1) is 0 Å². The minimum atomic E-state index is -1.71. The number of ether oxygens (including phenoxy) is 6. The van der Waals surface area contributed by atoms with Gasteiger partial charge in [-0.25, -0.2) is 0 Å². The molecule has 82 heavy (non-hydrogen) atoms. The van der Waals surface area contributed by atoms with E-state index in [1.807, 2.05) is 0 Å². The zero-order valence-electron chi connectivity index (χ0n) is 51.5. The number of hydrogen-bond acceptors (Lipinski definition) is 14. The molecule has 14 nitrogen and oxygen atoms in total. The molecule has 11 atom stereocenters. The smallest absolute Gasteiger partial charge is 0.306 e. The number of carbonyl (C=O) groups is 1. The molecular weight excluding hydrogens is 1040 g/mol. The predicted molar refractivity (Wildman–Crippen MR) is 330 cm³/mol. The number of unbranched alkanes of at least 4 members (excludes halogenated alkanes) is 28. The Hall–Kier alpha value is -2.57. The first-order valence-electron chi connectivity index (χ1n) is 33.0. The van der Waals surface area contributed by atoms with Crippen molar-refractivity contribution in [1.82, 2.24) is 0 Å². The van der Waals surface area contributed by atoms with Gasteiger partial charge in [0, 0.05) is 13.0 Å². The van der Waals surface area contributed by atoms with E-state index < -0.39 is 80.7 Å². The van der Waals surface area contributed by atoms with E-state index in [4.69, 9.17) is 28.4 Å². The Bertz CT molecular complexity index is 1630. The molecule has 0 aromatic heterocycles. The molecule has 2 saturated heterocycles. The SMILES string of the molecule is CC/C=C\C/C=C\C/C=C\C/C=C\C/C=C\C/C=C\CCCCCCCCC(=O)OC(COCCCCCCCCCCCCCCCCCCCCCCCCC)COC1OC(COC2OC(CO)C(O)C(O)C2O)C(O)C(O)C1O. The Labute approximate surface area is 497 Å². The number of allylic oxidation sites excluding steroid dienone is 12. The fourth-order valence-corrected chi connectivity index (χ4v) is 10.2. The number of carbonyl (C=O) groups excluding carboxylic acids is 1. The summed E-state index contributed by atoms with van der Waals surface area (Å²) < 4.78 is 34.5. The highest BCUT2D eigenvalue weighted by Gasteiger charge is 2.47. The van der Waals surface area contributed by atoms with Crippen molar-refractivity contribution in [3.05, 3.63) is 72.9 Å². The predicted octanol–water partition coefficient (Wildman–Crippen LogP) is 13.4. The summed E-state index contributed by atoms with van der Waals surface area (Å²) in [6.45, 7) is 3.60. The fourth-order valence-electron chi connectivity index (χ4n) is 10.2. The van der Waals surface area contributed by atoms with E-state index in [2.05, 4.69) is 86.8 Å². The molecule has 0 amide bonds. The van der Waals surface area contributed by atoms with Gasteiger partial charge in [-0.3, -0.25) is 4.79 Å². The van der Waals surface area contributed by atoms with E-state index in [1.54, 1.807) is 0 Å². The fraction of sp³-hybridized carbons (Fsp3) is 0.809. The van der Waals surface area contributed by atoms with Crippen LogP contribution in [0.4, 0.5) is 0 Å². The quantitative estimate of drug-likeness (QED) is 0.0172. The van der Waals surface area contributed by atoms with Crippen molar-refractivity contribution in [3.8, 4) is 0 Å². The van der Waals surface area contributed by atoms with Crippen LogP contribution in [0.15, 0.2) is 72.9 Å². The van der Waals surface area contributed by atoms with Gasteiger partial charge in [0.15, 0.2) is 12.6 Å². The summed E-state index contributed by atoms with van der Waals surface area (Å²) in [5.41, 5.74) is 0. The lowest BCUT2D eigenvalue weighted by atomic mass is 9.98. The molecule has 2 fully saturated rings. The Morgan fingerprint density at radius 2 is 0.793 bits per heavy atom. The standard InChI is InChI=1S/C68H120O14/c1-3-5-7-9-11-13-15-17-19-21-23-25-27-28-29-31-33-35-37-39-41-43-45-47-49-51-60(70)80-57(55-78-67-66(76)64(74)62(72)59(82-67)56-79-68-65(75)63(73)61(71)58(53-69)81-68)54-77-52-50-48-46-44-42-40-38-36-34-32-30-26-24-22-20-18-16-14-12-10-8-6-4-2/h5,7,11,13,17,19,23,25,28-29,33,35,57-59,61-69,71-76H,3-4,6,8-10,12,14-16,18,20-22,24,26-27,30-32,34,36-56H2,1-2H3/b7-5-,13-11-,19-17-,25-23-,29-28-,35-33-. The molecule has 2 aliphatic heterocycles. The van der Waals surface area contributed by atoms with Crippen LogP contribution in [0.1, 0.15) is 251 Å². The van der Waals surface area contributed by atoms with Gasteiger partial charge in [0.05, 0.1) is 26.4 Å². The van der Waals surface area contributed by atoms with Crippen molar-refractivity contribution in [2.75, 3.05) is 33.0 Å². The monoisotopic (exact) mass is 1160 g/mol. The van der Waals surface area contributed by atoms with Gasteiger partial charge in [0.1, 0.15) is 54.9 Å². The van der Waals surface area contributed by atoms with Crippen molar-refractivity contribution in [2.45, 2.75) is 319 Å². The van der Waals surface area contributed by atoms with Gasteiger partial charge in [0.2, 0.25) is 0 Å². The van der Waals surface area contributed by atoms with Crippen LogP contribution in [0.25, 0.3) is 0 Å². The highest BCUT2D eigenvalue weighted by Crippen LogP contribution is 2.27. The van der Waals surface area contributed by atoms with Gasteiger partial charge in [-0.1, -0.05) is 254 Å². The van der Waals surface area contributed by atoms with Crippen molar-refractivity contribution < 1.29 is 69.0 Å². The van der Waals surface area contributed by atoms with E-state index in [1.165, 1.54) is 128 Å². The van der Waals surface area contributed by atoms with Crippen LogP contribution in [-0.2, 0) is 33.2 Å². The Balaban J connectivity index is 1.67. The molecule has 14 heteroatoms. The lowest BCUT2D eigenvalue weighted by Crippen LogP contribution is -2.61. The van der Waals surface area contributed by atoms with Crippen molar-refractivity contribution in [1.29, 1.82) is 0 Å². The molecule has 2 heterocycles. The third-order valence-corrected chi connectivity index (χ3v) is 15.5. The number of aliphatic hydroxyl groups is 7. The molecule has 0 saturated carbocycles. The second-order valence-electron chi connectivity index (χ2n) is 22.9. The van der Waals surface area contributed by atoms with Gasteiger partial charge in [-0.05, 0) is 64.2 Å². The number of esters is 1. The molecule has 0 aromatic carbocycles. The van der Waals surface area contributed by atoms with Crippen LogP contribution in [0.3, 0.4) is 0 Å². The molecule has 0 bridgehead atoms. The van der Waals surface area contributed by atoms with Crippen LogP contribution < -0.4 is 0 Å². The molecule has 0 radical (unpaired) electrons. The Morgan fingerprint density at radius 1 is 0.415 bits per heavy atom. The summed E-state index contributed by atoms with van der Waals surface area (Å²) in [6, 6.07) is 0. The average Bonchev–Trinajstić information content (AvgIpc) is 3.54. The summed E-state index contributed by atoms with van der Waals surface area (Å²) in [5, 5.41) is 72.5. The first-order chi connectivity index (χ1) is 40.1. The summed E-state index contributed by atoms with van der Waals surface area (Å²) in [6.07, 6.45) is 53.9. The minimum Gasteiger partial charge on any atom is -0.457 e. The van der Waals surface area contributed by atoms with E-state index in [0.717, 1.165) is 96.3 Å². The maximum atomic E-state index is 13.1. The van der Waals surface area contributed by atoms with E-state index in [0.29, 0.717) is 13.0 Å².